The number of rotatable bonds is 6. The van der Waals surface area contributed by atoms with Crippen LogP contribution in [0.4, 0.5) is 5.69 Å². The summed E-state index contributed by atoms with van der Waals surface area (Å²) in [6.45, 7) is 0. The second-order valence-electron chi connectivity index (χ2n) is 8.92. The Labute approximate surface area is 200 Å². The Morgan fingerprint density at radius 2 is 1.44 bits per heavy atom. The molecule has 0 bridgehead atoms. The van der Waals surface area contributed by atoms with Crippen LogP contribution in [0, 0.1) is 0 Å². The van der Waals surface area contributed by atoms with Crippen LogP contribution in [0.1, 0.15) is 34.1 Å². The van der Waals surface area contributed by atoms with Gasteiger partial charge in [0.15, 0.2) is 0 Å². The molecule has 1 N–H and O–H groups in total. The lowest BCUT2D eigenvalue weighted by molar-refractivity contribution is 0.620. The molecule has 0 saturated carbocycles. The maximum absolute atomic E-state index is 4.68. The average molecular weight is 439 g/mol. The zero-order valence-corrected chi connectivity index (χ0v) is 18.9. The quantitative estimate of drug-likeness (QED) is 0.278. The largest absolute Gasteiger partial charge is 0.361 e. The van der Waals surface area contributed by atoms with Gasteiger partial charge in [0.25, 0.3) is 0 Å². The summed E-state index contributed by atoms with van der Waals surface area (Å²) in [6, 6.07) is 38.8. The van der Waals surface area contributed by atoms with Crippen LogP contribution in [0.2, 0.25) is 0 Å². The number of hydrogen-bond donors (Lipinski definition) is 1. The number of H-pyrrole nitrogens is 1. The van der Waals surface area contributed by atoms with Crippen molar-refractivity contribution in [3.8, 4) is 0 Å². The van der Waals surface area contributed by atoms with E-state index >= 15 is 0 Å². The fourth-order valence-corrected chi connectivity index (χ4v) is 5.18. The van der Waals surface area contributed by atoms with Gasteiger partial charge in [-0.2, -0.15) is 0 Å². The molecule has 1 aliphatic rings. The highest BCUT2D eigenvalue weighted by molar-refractivity contribution is 6.16. The van der Waals surface area contributed by atoms with Crippen LogP contribution in [-0.4, -0.2) is 11.2 Å². The van der Waals surface area contributed by atoms with Crippen molar-refractivity contribution in [2.45, 2.75) is 18.3 Å². The number of hydrogen-bond acceptors (Lipinski definition) is 1. The van der Waals surface area contributed by atoms with Crippen LogP contribution < -0.4 is 0 Å². The van der Waals surface area contributed by atoms with E-state index in [1.54, 1.807) is 0 Å². The lowest BCUT2D eigenvalue weighted by Crippen LogP contribution is -2.13. The molecule has 6 rings (SSSR count). The van der Waals surface area contributed by atoms with Crippen molar-refractivity contribution in [3.63, 3.8) is 0 Å². The van der Waals surface area contributed by atoms with Gasteiger partial charge in [-0.15, -0.1) is 0 Å². The Bertz CT molecular complexity index is 1480. The van der Waals surface area contributed by atoms with Gasteiger partial charge in [0, 0.05) is 40.7 Å². The van der Waals surface area contributed by atoms with E-state index in [1.807, 2.05) is 6.21 Å². The topological polar surface area (TPSA) is 28.1 Å². The molecule has 2 heteroatoms. The van der Waals surface area contributed by atoms with Crippen LogP contribution >= 0.6 is 0 Å². The summed E-state index contributed by atoms with van der Waals surface area (Å²) in [6.07, 6.45) is 7.61. The smallest absolute Gasteiger partial charge is 0.0708 e. The number of fused-ring (bicyclic) bond motifs is 2. The molecule has 164 valence electrons. The van der Waals surface area contributed by atoms with Crippen LogP contribution in [-0.2, 0) is 6.42 Å². The molecule has 0 radical (unpaired) electrons. The first-order valence-corrected chi connectivity index (χ1v) is 11.9. The highest BCUT2D eigenvalue weighted by atomic mass is 14.8. The Kier molecular flexibility index (Phi) is 5.41. The normalized spacial score (nSPS) is 15.5. The van der Waals surface area contributed by atoms with Crippen molar-refractivity contribution in [1.29, 1.82) is 0 Å². The van der Waals surface area contributed by atoms with Gasteiger partial charge in [0.1, 0.15) is 0 Å². The number of allylic oxidation sites excluding steroid dienone is 2. The fourth-order valence-electron chi connectivity index (χ4n) is 5.18. The molecule has 5 aromatic rings. The number of nitrogens with zero attached hydrogens (tertiary/aromatic N) is 1. The van der Waals surface area contributed by atoms with E-state index in [0.717, 1.165) is 12.1 Å². The summed E-state index contributed by atoms with van der Waals surface area (Å²) < 4.78 is 0. The zero-order chi connectivity index (χ0) is 22.7. The Morgan fingerprint density at radius 3 is 2.29 bits per heavy atom. The van der Waals surface area contributed by atoms with E-state index in [9.17, 15) is 0 Å². The number of aromatic nitrogens is 1. The molecule has 1 aromatic heterocycles. The predicted molar refractivity (Wildman–Crippen MR) is 143 cm³/mol. The van der Waals surface area contributed by atoms with Crippen molar-refractivity contribution in [2.75, 3.05) is 0 Å². The number of aromatic amines is 1. The van der Waals surface area contributed by atoms with Gasteiger partial charge in [-0.05, 0) is 40.8 Å². The van der Waals surface area contributed by atoms with Gasteiger partial charge in [-0.3, -0.25) is 4.99 Å². The van der Waals surface area contributed by atoms with Gasteiger partial charge < -0.3 is 4.98 Å². The predicted octanol–water partition coefficient (Wildman–Crippen LogP) is 8.08. The van der Waals surface area contributed by atoms with E-state index in [-0.39, 0.29) is 11.8 Å². The van der Waals surface area contributed by atoms with Crippen LogP contribution in [0.15, 0.2) is 126 Å². The van der Waals surface area contributed by atoms with Crippen molar-refractivity contribution in [1.82, 2.24) is 4.98 Å². The third-order valence-corrected chi connectivity index (χ3v) is 6.85. The van der Waals surface area contributed by atoms with Crippen molar-refractivity contribution >= 4 is 28.4 Å². The first-order chi connectivity index (χ1) is 16.9. The maximum Gasteiger partial charge on any atom is 0.0708 e. The first kappa shape index (κ1) is 20.4. The zero-order valence-electron chi connectivity index (χ0n) is 18.9. The molecule has 0 aliphatic carbocycles. The molecule has 0 fully saturated rings. The van der Waals surface area contributed by atoms with Gasteiger partial charge in [-0.25, -0.2) is 0 Å². The minimum absolute atomic E-state index is 0.188. The van der Waals surface area contributed by atoms with Gasteiger partial charge in [0.2, 0.25) is 0 Å². The summed E-state index contributed by atoms with van der Waals surface area (Å²) >= 11 is 0. The highest BCUT2D eigenvalue weighted by Crippen LogP contribution is 2.42. The highest BCUT2D eigenvalue weighted by Gasteiger charge is 2.27. The Morgan fingerprint density at radius 1 is 0.735 bits per heavy atom. The molecule has 2 heterocycles. The van der Waals surface area contributed by atoms with Crippen LogP contribution in [0.25, 0.3) is 16.5 Å². The van der Waals surface area contributed by atoms with E-state index in [4.69, 9.17) is 0 Å². The van der Waals surface area contributed by atoms with Crippen LogP contribution in [0.3, 0.4) is 0 Å². The molecule has 0 amide bonds. The SMILES string of the molecule is C1=Nc2ccccc2/C1=C\[C@H](c1ccccc1)[C@@H](Cc1ccccc1)c1c[nH]c2ccccc12. The lowest BCUT2D eigenvalue weighted by atomic mass is 9.76. The summed E-state index contributed by atoms with van der Waals surface area (Å²) in [4.78, 5) is 8.21. The van der Waals surface area contributed by atoms with E-state index in [2.05, 4.69) is 131 Å². The molecule has 34 heavy (non-hydrogen) atoms. The molecule has 0 spiro atoms. The molecule has 2 nitrogen and oxygen atoms in total. The molecule has 1 aliphatic heterocycles. The lowest BCUT2D eigenvalue weighted by Gasteiger charge is -2.26. The second-order valence-corrected chi connectivity index (χ2v) is 8.92. The standard InChI is InChI=1S/C32H26N2/c1-3-11-23(12-4-1)19-29(30-22-34-32-18-10-8-16-27(30)32)28(24-13-5-2-6-14-24)20-25-21-33-31-17-9-7-15-26(25)31/h1-18,20-22,28-29,34H,19H2/b25-20-/t28-,29-/m1/s1. The van der Waals surface area contributed by atoms with Crippen LogP contribution in [0.5, 0.6) is 0 Å². The first-order valence-electron chi connectivity index (χ1n) is 11.9. The number of para-hydroxylation sites is 2. The Balaban J connectivity index is 1.53. The third-order valence-electron chi connectivity index (χ3n) is 6.85. The molecule has 0 saturated heterocycles. The Hall–Kier alpha value is -4.17. The second kappa shape index (κ2) is 8.99. The average Bonchev–Trinajstić information content (AvgIpc) is 3.52. The monoisotopic (exact) mass is 438 g/mol. The molecular formula is C32H26N2. The molecule has 0 unspecified atom stereocenters. The molecular weight excluding hydrogens is 412 g/mol. The van der Waals surface area contributed by atoms with Gasteiger partial charge >= 0.3 is 0 Å². The number of aliphatic imine (C=N–C) groups is 1. The number of nitrogens with one attached hydrogen (secondary N) is 1. The van der Waals surface area contributed by atoms with E-state index in [0.29, 0.717) is 0 Å². The van der Waals surface area contributed by atoms with E-state index in [1.165, 1.54) is 38.7 Å². The summed E-state index contributed by atoms with van der Waals surface area (Å²) in [5.41, 5.74) is 8.66. The maximum atomic E-state index is 4.68. The van der Waals surface area contributed by atoms with Crippen molar-refractivity contribution in [3.05, 3.63) is 144 Å². The minimum atomic E-state index is 0.188. The molecule has 2 atom stereocenters. The van der Waals surface area contributed by atoms with Gasteiger partial charge in [-0.1, -0.05) is 103 Å². The van der Waals surface area contributed by atoms with E-state index < -0.39 is 0 Å². The van der Waals surface area contributed by atoms with Crippen molar-refractivity contribution in [2.24, 2.45) is 4.99 Å². The van der Waals surface area contributed by atoms with Crippen molar-refractivity contribution < 1.29 is 0 Å². The number of benzene rings is 4. The minimum Gasteiger partial charge on any atom is -0.361 e. The van der Waals surface area contributed by atoms with Gasteiger partial charge in [0.05, 0.1) is 5.69 Å². The summed E-state index contributed by atoms with van der Waals surface area (Å²) in [5, 5.41) is 1.29. The third kappa shape index (κ3) is 3.88. The fraction of sp³-hybridized carbons (Fsp3) is 0.0938. The molecule has 4 aromatic carbocycles. The summed E-state index contributed by atoms with van der Waals surface area (Å²) in [5.74, 6) is 0.447. The summed E-state index contributed by atoms with van der Waals surface area (Å²) in [7, 11) is 0.